The molecular formula is C13H18ClN5O2. The fraction of sp³-hybridized carbons (Fsp3) is 0.231. The summed E-state index contributed by atoms with van der Waals surface area (Å²) < 4.78 is 10.6. The van der Waals surface area contributed by atoms with Crippen molar-refractivity contribution in [3.8, 4) is 11.5 Å². The van der Waals surface area contributed by atoms with Crippen LogP contribution in [0.4, 0.5) is 0 Å². The molecule has 114 valence electrons. The van der Waals surface area contributed by atoms with Gasteiger partial charge in [0.05, 0.1) is 6.54 Å². The number of halogens is 1. The van der Waals surface area contributed by atoms with Gasteiger partial charge < -0.3 is 26.3 Å². The van der Waals surface area contributed by atoms with Gasteiger partial charge in [-0.2, -0.15) is 4.99 Å². The molecule has 5 N–H and O–H groups in total. The molecule has 1 aliphatic rings. The summed E-state index contributed by atoms with van der Waals surface area (Å²) in [7, 11) is 0. The van der Waals surface area contributed by atoms with Gasteiger partial charge in [-0.1, -0.05) is 12.1 Å². The van der Waals surface area contributed by atoms with E-state index in [1.54, 1.807) is 6.08 Å². The molecule has 0 aromatic heterocycles. The van der Waals surface area contributed by atoms with Gasteiger partial charge in [0.2, 0.25) is 12.8 Å². The fourth-order valence-electron chi connectivity index (χ4n) is 1.62. The maximum atomic E-state index is 5.35. The largest absolute Gasteiger partial charge is 0.454 e. The molecule has 0 saturated heterocycles. The third kappa shape index (κ3) is 4.88. The Morgan fingerprint density at radius 2 is 2.10 bits per heavy atom. The molecule has 1 aromatic rings. The second-order valence-electron chi connectivity index (χ2n) is 4.03. The lowest BCUT2D eigenvalue weighted by Gasteiger charge is -2.04. The first kappa shape index (κ1) is 16.6. The Bertz CT molecular complexity index is 555. The zero-order chi connectivity index (χ0) is 14.4. The highest BCUT2D eigenvalue weighted by Gasteiger charge is 2.12. The SMILES string of the molecule is C=CCNC(N=C(N)N)=NCc1ccc2c(c1)OCO2.Cl. The molecule has 0 atom stereocenters. The number of fused-ring (bicyclic) bond motifs is 1. The highest BCUT2D eigenvalue weighted by molar-refractivity contribution is 5.93. The van der Waals surface area contributed by atoms with Crippen molar-refractivity contribution in [1.82, 2.24) is 5.32 Å². The topological polar surface area (TPSA) is 107 Å². The Labute approximate surface area is 129 Å². The first-order valence-corrected chi connectivity index (χ1v) is 6.06. The molecular weight excluding hydrogens is 294 g/mol. The predicted octanol–water partition coefficient (Wildman–Crippen LogP) is 0.742. The van der Waals surface area contributed by atoms with Crippen LogP contribution in [-0.2, 0) is 6.54 Å². The number of benzene rings is 1. The molecule has 0 radical (unpaired) electrons. The Hall–Kier alpha value is -2.41. The molecule has 1 aromatic carbocycles. The van der Waals surface area contributed by atoms with Gasteiger partial charge in [0.25, 0.3) is 0 Å². The quantitative estimate of drug-likeness (QED) is 0.432. The molecule has 21 heavy (non-hydrogen) atoms. The Balaban J connectivity index is 0.00000220. The molecule has 7 nitrogen and oxygen atoms in total. The lowest BCUT2D eigenvalue weighted by molar-refractivity contribution is 0.174. The van der Waals surface area contributed by atoms with Gasteiger partial charge in [-0.15, -0.1) is 19.0 Å². The van der Waals surface area contributed by atoms with E-state index in [1.165, 1.54) is 0 Å². The summed E-state index contributed by atoms with van der Waals surface area (Å²) in [5.74, 6) is 1.78. The number of nitrogens with zero attached hydrogens (tertiary/aromatic N) is 2. The van der Waals surface area contributed by atoms with Crippen molar-refractivity contribution < 1.29 is 9.47 Å². The number of aliphatic imine (C=N–C) groups is 2. The normalized spacial score (nSPS) is 12.3. The van der Waals surface area contributed by atoms with Crippen molar-refractivity contribution in [2.75, 3.05) is 13.3 Å². The molecule has 1 aliphatic heterocycles. The zero-order valence-corrected chi connectivity index (χ0v) is 12.2. The first-order chi connectivity index (χ1) is 9.69. The molecule has 0 unspecified atom stereocenters. The van der Waals surface area contributed by atoms with Crippen LogP contribution in [0.3, 0.4) is 0 Å². The van der Waals surface area contributed by atoms with Crippen LogP contribution in [0, 0.1) is 0 Å². The molecule has 0 saturated carbocycles. The average molecular weight is 312 g/mol. The van der Waals surface area contributed by atoms with Crippen molar-refractivity contribution in [3.05, 3.63) is 36.4 Å². The molecule has 0 fully saturated rings. The van der Waals surface area contributed by atoms with Crippen LogP contribution in [0.15, 0.2) is 40.8 Å². The maximum absolute atomic E-state index is 5.35. The molecule has 0 spiro atoms. The number of nitrogens with one attached hydrogen (secondary N) is 1. The number of ether oxygens (including phenoxy) is 2. The van der Waals surface area contributed by atoms with Gasteiger partial charge >= 0.3 is 0 Å². The van der Waals surface area contributed by atoms with Gasteiger partial charge in [-0.3, -0.25) is 0 Å². The Morgan fingerprint density at radius 1 is 1.33 bits per heavy atom. The first-order valence-electron chi connectivity index (χ1n) is 6.06. The number of nitrogens with two attached hydrogens (primary N) is 2. The van der Waals surface area contributed by atoms with Crippen LogP contribution in [0.25, 0.3) is 0 Å². The molecule has 2 rings (SSSR count). The second-order valence-corrected chi connectivity index (χ2v) is 4.03. The standard InChI is InChI=1S/C13H17N5O2.ClH/c1-2-5-16-13(18-12(14)15)17-7-9-3-4-10-11(6-9)20-8-19-10;/h2-4,6H,1,5,7-8H2,(H5,14,15,16,17,18);1H. The van der Waals surface area contributed by atoms with Gasteiger partial charge in [0.1, 0.15) is 0 Å². The van der Waals surface area contributed by atoms with E-state index in [1.807, 2.05) is 18.2 Å². The Kier molecular flexibility index (Phi) is 6.35. The lowest BCUT2D eigenvalue weighted by Crippen LogP contribution is -2.29. The molecule has 0 amide bonds. The van der Waals surface area contributed by atoms with Crippen LogP contribution in [-0.4, -0.2) is 25.3 Å². The van der Waals surface area contributed by atoms with E-state index in [2.05, 4.69) is 21.9 Å². The fourth-order valence-corrected chi connectivity index (χ4v) is 1.62. The van der Waals surface area contributed by atoms with Crippen molar-refractivity contribution in [2.45, 2.75) is 6.54 Å². The number of rotatable bonds is 4. The van der Waals surface area contributed by atoms with E-state index in [4.69, 9.17) is 20.9 Å². The second kappa shape index (κ2) is 8.01. The van der Waals surface area contributed by atoms with E-state index >= 15 is 0 Å². The highest BCUT2D eigenvalue weighted by Crippen LogP contribution is 2.32. The van der Waals surface area contributed by atoms with Crippen LogP contribution in [0.5, 0.6) is 11.5 Å². The molecule has 0 aliphatic carbocycles. The van der Waals surface area contributed by atoms with Gasteiger partial charge in [-0.05, 0) is 17.7 Å². The van der Waals surface area contributed by atoms with Crippen molar-refractivity contribution in [1.29, 1.82) is 0 Å². The van der Waals surface area contributed by atoms with E-state index in [0.29, 0.717) is 19.0 Å². The van der Waals surface area contributed by atoms with E-state index in [9.17, 15) is 0 Å². The number of hydrogen-bond acceptors (Lipinski definition) is 3. The van der Waals surface area contributed by atoms with Crippen molar-refractivity contribution in [2.24, 2.45) is 21.5 Å². The molecule has 0 bridgehead atoms. The monoisotopic (exact) mass is 311 g/mol. The Morgan fingerprint density at radius 3 is 2.81 bits per heavy atom. The third-order valence-corrected chi connectivity index (χ3v) is 2.49. The van der Waals surface area contributed by atoms with Gasteiger partial charge in [-0.25, -0.2) is 4.99 Å². The van der Waals surface area contributed by atoms with Crippen LogP contribution >= 0.6 is 12.4 Å². The minimum absolute atomic E-state index is 0. The predicted molar refractivity (Wildman–Crippen MR) is 85.0 cm³/mol. The van der Waals surface area contributed by atoms with E-state index in [0.717, 1.165) is 17.1 Å². The molecule has 1 heterocycles. The summed E-state index contributed by atoms with van der Waals surface area (Å²) >= 11 is 0. The summed E-state index contributed by atoms with van der Waals surface area (Å²) in [6.07, 6.45) is 1.69. The smallest absolute Gasteiger partial charge is 0.231 e. The number of hydrogen-bond donors (Lipinski definition) is 3. The van der Waals surface area contributed by atoms with Crippen molar-refractivity contribution in [3.63, 3.8) is 0 Å². The summed E-state index contributed by atoms with van der Waals surface area (Å²) in [4.78, 5) is 8.22. The molecule has 8 heteroatoms. The summed E-state index contributed by atoms with van der Waals surface area (Å²) in [5.41, 5.74) is 11.7. The average Bonchev–Trinajstić information content (AvgIpc) is 2.88. The van der Waals surface area contributed by atoms with Crippen LogP contribution in [0.2, 0.25) is 0 Å². The summed E-state index contributed by atoms with van der Waals surface area (Å²) in [6.45, 7) is 4.81. The van der Waals surface area contributed by atoms with Crippen LogP contribution < -0.4 is 26.3 Å². The van der Waals surface area contributed by atoms with E-state index in [-0.39, 0.29) is 25.2 Å². The van der Waals surface area contributed by atoms with Crippen LogP contribution in [0.1, 0.15) is 5.56 Å². The lowest BCUT2D eigenvalue weighted by atomic mass is 10.2. The van der Waals surface area contributed by atoms with Gasteiger partial charge in [0, 0.05) is 6.54 Å². The minimum Gasteiger partial charge on any atom is -0.454 e. The maximum Gasteiger partial charge on any atom is 0.231 e. The summed E-state index contributed by atoms with van der Waals surface area (Å²) in [6, 6.07) is 5.65. The summed E-state index contributed by atoms with van der Waals surface area (Å²) in [5, 5.41) is 2.95. The third-order valence-electron chi connectivity index (χ3n) is 2.49. The van der Waals surface area contributed by atoms with E-state index < -0.39 is 0 Å². The number of guanidine groups is 2. The zero-order valence-electron chi connectivity index (χ0n) is 11.4. The highest BCUT2D eigenvalue weighted by atomic mass is 35.5. The van der Waals surface area contributed by atoms with Crippen molar-refractivity contribution >= 4 is 24.3 Å². The van der Waals surface area contributed by atoms with Gasteiger partial charge in [0.15, 0.2) is 17.5 Å². The minimum atomic E-state index is -0.0500.